The largest absolute Gasteiger partial charge is 0.310 e. The number of hydrogen-bond donors (Lipinski definition) is 1. The summed E-state index contributed by atoms with van der Waals surface area (Å²) in [7, 11) is 0. The van der Waals surface area contributed by atoms with Crippen LogP contribution in [0.1, 0.15) is 19.4 Å². The maximum absolute atomic E-state index is 14.0. The van der Waals surface area contributed by atoms with Gasteiger partial charge in [0.05, 0.1) is 0 Å². The monoisotopic (exact) mass is 353 g/mol. The molecule has 1 N–H and O–H groups in total. The van der Waals surface area contributed by atoms with E-state index in [9.17, 15) is 4.39 Å². The lowest BCUT2D eigenvalue weighted by atomic mass is 10.2. The molecular weight excluding hydrogens is 337 g/mol. The van der Waals surface area contributed by atoms with Crippen molar-refractivity contribution in [2.24, 2.45) is 0 Å². The summed E-state index contributed by atoms with van der Waals surface area (Å²) >= 11 is 5.01. The molecule has 0 spiro atoms. The van der Waals surface area contributed by atoms with Crippen LogP contribution in [0.25, 0.3) is 0 Å². The Balaban J connectivity index is 2.22. The van der Waals surface area contributed by atoms with Gasteiger partial charge in [-0.3, -0.25) is 0 Å². The first-order valence-corrected chi connectivity index (χ1v) is 8.11. The Bertz CT molecular complexity index is 569. The van der Waals surface area contributed by atoms with Crippen LogP contribution in [-0.2, 0) is 6.54 Å². The van der Waals surface area contributed by atoms with Crippen LogP contribution >= 0.6 is 27.7 Å². The normalized spacial score (nSPS) is 11.1. The molecule has 2 aromatic rings. The molecule has 20 heavy (non-hydrogen) atoms. The van der Waals surface area contributed by atoms with Crippen LogP contribution in [-0.4, -0.2) is 6.04 Å². The van der Waals surface area contributed by atoms with Gasteiger partial charge in [-0.25, -0.2) is 4.39 Å². The van der Waals surface area contributed by atoms with Crippen molar-refractivity contribution in [1.82, 2.24) is 5.32 Å². The molecule has 0 radical (unpaired) electrons. The second-order valence-corrected chi connectivity index (χ2v) is 6.84. The minimum Gasteiger partial charge on any atom is -0.310 e. The van der Waals surface area contributed by atoms with E-state index in [0.29, 0.717) is 12.6 Å². The molecule has 4 heteroatoms. The Hall–Kier alpha value is -0.840. The van der Waals surface area contributed by atoms with Crippen LogP contribution in [0.3, 0.4) is 0 Å². The zero-order valence-corrected chi connectivity index (χ0v) is 13.9. The van der Waals surface area contributed by atoms with E-state index >= 15 is 0 Å². The van der Waals surface area contributed by atoms with Gasteiger partial charge in [0, 0.05) is 32.4 Å². The summed E-state index contributed by atoms with van der Waals surface area (Å²) in [5, 5.41) is 3.28. The van der Waals surface area contributed by atoms with E-state index in [-0.39, 0.29) is 5.82 Å². The molecule has 0 unspecified atom stereocenters. The maximum Gasteiger partial charge on any atom is 0.128 e. The van der Waals surface area contributed by atoms with Crippen molar-refractivity contribution in [3.05, 3.63) is 58.3 Å². The van der Waals surface area contributed by atoms with Crippen LogP contribution in [0.2, 0.25) is 0 Å². The molecular formula is C16H17BrFNS. The SMILES string of the molecule is CC(C)NCc1c(F)cccc1Sc1ccc(Br)cc1. The summed E-state index contributed by atoms with van der Waals surface area (Å²) in [6, 6.07) is 13.6. The smallest absolute Gasteiger partial charge is 0.128 e. The minimum absolute atomic E-state index is 0.153. The summed E-state index contributed by atoms with van der Waals surface area (Å²) in [5.74, 6) is -0.153. The van der Waals surface area contributed by atoms with Gasteiger partial charge in [-0.15, -0.1) is 0 Å². The molecule has 0 bridgehead atoms. The standard InChI is InChI=1S/C16H17BrFNS/c1-11(2)19-10-14-15(18)4-3-5-16(14)20-13-8-6-12(17)7-9-13/h3-9,11,19H,10H2,1-2H3. The van der Waals surface area contributed by atoms with Gasteiger partial charge < -0.3 is 5.32 Å². The Morgan fingerprint density at radius 1 is 1.15 bits per heavy atom. The summed E-state index contributed by atoms with van der Waals surface area (Å²) in [4.78, 5) is 2.06. The number of benzene rings is 2. The van der Waals surface area contributed by atoms with Gasteiger partial charge in [0.15, 0.2) is 0 Å². The fourth-order valence-electron chi connectivity index (χ4n) is 1.74. The molecule has 106 valence electrons. The van der Waals surface area contributed by atoms with E-state index in [1.54, 1.807) is 17.8 Å². The molecule has 0 saturated heterocycles. The first kappa shape index (κ1) is 15.5. The lowest BCUT2D eigenvalue weighted by molar-refractivity contribution is 0.546. The van der Waals surface area contributed by atoms with Crippen molar-refractivity contribution in [3.63, 3.8) is 0 Å². The fourth-order valence-corrected chi connectivity index (χ4v) is 2.97. The second-order valence-electron chi connectivity index (χ2n) is 4.81. The van der Waals surface area contributed by atoms with E-state index in [1.807, 2.05) is 30.3 Å². The molecule has 0 aromatic heterocycles. The third-order valence-corrected chi connectivity index (χ3v) is 4.44. The number of halogens is 2. The lowest BCUT2D eigenvalue weighted by Crippen LogP contribution is -2.22. The first-order chi connectivity index (χ1) is 9.56. The molecule has 0 amide bonds. The summed E-state index contributed by atoms with van der Waals surface area (Å²) in [5.41, 5.74) is 0.731. The molecule has 0 aliphatic carbocycles. The lowest BCUT2D eigenvalue weighted by Gasteiger charge is -2.13. The quantitative estimate of drug-likeness (QED) is 0.788. The zero-order valence-electron chi connectivity index (χ0n) is 11.5. The van der Waals surface area contributed by atoms with Crippen molar-refractivity contribution < 1.29 is 4.39 Å². The van der Waals surface area contributed by atoms with Crippen molar-refractivity contribution in [1.29, 1.82) is 0 Å². The Morgan fingerprint density at radius 3 is 2.50 bits per heavy atom. The maximum atomic E-state index is 14.0. The Kier molecular flexibility index (Phi) is 5.64. The second kappa shape index (κ2) is 7.25. The van der Waals surface area contributed by atoms with E-state index in [1.165, 1.54) is 6.07 Å². The highest BCUT2D eigenvalue weighted by Crippen LogP contribution is 2.32. The highest BCUT2D eigenvalue weighted by molar-refractivity contribution is 9.10. The number of hydrogen-bond acceptors (Lipinski definition) is 2. The van der Waals surface area contributed by atoms with E-state index < -0.39 is 0 Å². The van der Waals surface area contributed by atoms with Crippen molar-refractivity contribution in [2.45, 2.75) is 36.2 Å². The molecule has 0 saturated carbocycles. The topological polar surface area (TPSA) is 12.0 Å². The number of rotatable bonds is 5. The summed E-state index contributed by atoms with van der Waals surface area (Å²) in [6.45, 7) is 4.66. The van der Waals surface area contributed by atoms with Gasteiger partial charge in [-0.05, 0) is 36.4 Å². The fraction of sp³-hybridized carbons (Fsp3) is 0.250. The van der Waals surface area contributed by atoms with Gasteiger partial charge >= 0.3 is 0 Å². The predicted molar refractivity (Wildman–Crippen MR) is 86.6 cm³/mol. The molecule has 0 aliphatic heterocycles. The molecule has 2 rings (SSSR count). The average molecular weight is 354 g/mol. The summed E-state index contributed by atoms with van der Waals surface area (Å²) in [6.07, 6.45) is 0. The van der Waals surface area contributed by atoms with Gasteiger partial charge in [0.25, 0.3) is 0 Å². The van der Waals surface area contributed by atoms with Gasteiger partial charge in [0.1, 0.15) is 5.82 Å². The molecule has 0 aliphatic rings. The zero-order chi connectivity index (χ0) is 14.5. The first-order valence-electron chi connectivity index (χ1n) is 6.50. The van der Waals surface area contributed by atoms with Crippen molar-refractivity contribution in [2.75, 3.05) is 0 Å². The molecule has 0 fully saturated rings. The van der Waals surface area contributed by atoms with Crippen LogP contribution in [0.4, 0.5) is 4.39 Å². The molecule has 0 atom stereocenters. The minimum atomic E-state index is -0.153. The van der Waals surface area contributed by atoms with Gasteiger partial charge in [0.2, 0.25) is 0 Å². The average Bonchev–Trinajstić information content (AvgIpc) is 2.40. The molecule has 2 aromatic carbocycles. The highest BCUT2D eigenvalue weighted by Gasteiger charge is 2.10. The third-order valence-electron chi connectivity index (χ3n) is 2.80. The van der Waals surface area contributed by atoms with Gasteiger partial charge in [-0.2, -0.15) is 0 Å². The number of nitrogens with one attached hydrogen (secondary N) is 1. The van der Waals surface area contributed by atoms with E-state index in [4.69, 9.17) is 0 Å². The Labute approximate surface area is 132 Å². The third kappa shape index (κ3) is 4.33. The van der Waals surface area contributed by atoms with Crippen molar-refractivity contribution in [3.8, 4) is 0 Å². The van der Waals surface area contributed by atoms with Crippen LogP contribution < -0.4 is 5.32 Å². The summed E-state index contributed by atoms with van der Waals surface area (Å²) < 4.78 is 15.1. The van der Waals surface area contributed by atoms with Crippen molar-refractivity contribution >= 4 is 27.7 Å². The molecule has 0 heterocycles. The van der Waals surface area contributed by atoms with Crippen LogP contribution in [0.5, 0.6) is 0 Å². The molecule has 1 nitrogen and oxygen atoms in total. The van der Waals surface area contributed by atoms with Gasteiger partial charge in [-0.1, -0.05) is 47.6 Å². The predicted octanol–water partition coefficient (Wildman–Crippen LogP) is 5.24. The highest BCUT2D eigenvalue weighted by atomic mass is 79.9. The van der Waals surface area contributed by atoms with Crippen LogP contribution in [0.15, 0.2) is 56.7 Å². The Morgan fingerprint density at radius 2 is 1.85 bits per heavy atom. The van der Waals surface area contributed by atoms with E-state index in [0.717, 1.165) is 19.8 Å². The van der Waals surface area contributed by atoms with E-state index in [2.05, 4.69) is 35.1 Å². The van der Waals surface area contributed by atoms with Crippen LogP contribution in [0, 0.1) is 5.82 Å².